The van der Waals surface area contributed by atoms with Crippen LogP contribution in [0.1, 0.15) is 45.2 Å². The Balaban J connectivity index is 1.34. The van der Waals surface area contributed by atoms with E-state index in [1.165, 1.54) is 12.1 Å². The molecule has 36 heavy (non-hydrogen) atoms. The first-order valence-electron chi connectivity index (χ1n) is 13.0. The number of esters is 1. The molecule has 0 radical (unpaired) electrons. The van der Waals surface area contributed by atoms with Crippen molar-refractivity contribution in [2.75, 3.05) is 6.61 Å². The number of ether oxygens (including phenoxy) is 2. The molecule has 1 aromatic heterocycles. The fourth-order valence-corrected chi connectivity index (χ4v) is 6.54. The van der Waals surface area contributed by atoms with E-state index in [0.717, 1.165) is 42.5 Å². The quantitative estimate of drug-likeness (QED) is 0.548. The summed E-state index contributed by atoms with van der Waals surface area (Å²) in [6.07, 6.45) is 9.15. The number of rotatable bonds is 5. The van der Waals surface area contributed by atoms with E-state index in [4.69, 9.17) is 9.47 Å². The van der Waals surface area contributed by atoms with Gasteiger partial charge in [-0.1, -0.05) is 31.2 Å². The number of alkyl carbamates (subject to hydrolysis) is 1. The van der Waals surface area contributed by atoms with Gasteiger partial charge < -0.3 is 14.8 Å². The SMILES string of the molecule is CCOC(=O)N[C@@H]1CC[C@@H]2[C@@H](C1)C[C@H]1OC(=O)[C@H](C)[C@H]1[C@H]2/C=C/c1ccc(-c2cccc(F)c2)cn1. The van der Waals surface area contributed by atoms with Gasteiger partial charge in [0.05, 0.1) is 18.2 Å². The maximum atomic E-state index is 13.6. The topological polar surface area (TPSA) is 77.5 Å². The van der Waals surface area contributed by atoms with Crippen LogP contribution in [-0.4, -0.2) is 35.8 Å². The van der Waals surface area contributed by atoms with E-state index < -0.39 is 0 Å². The summed E-state index contributed by atoms with van der Waals surface area (Å²) >= 11 is 0. The minimum Gasteiger partial charge on any atom is -0.462 e. The summed E-state index contributed by atoms with van der Waals surface area (Å²) in [5, 5.41) is 3.00. The summed E-state index contributed by atoms with van der Waals surface area (Å²) in [6, 6.07) is 10.5. The highest BCUT2D eigenvalue weighted by Gasteiger charge is 2.54. The molecule has 7 atom stereocenters. The van der Waals surface area contributed by atoms with Crippen molar-refractivity contribution in [2.45, 2.75) is 51.7 Å². The lowest BCUT2D eigenvalue weighted by Crippen LogP contribution is -2.48. The predicted molar refractivity (Wildman–Crippen MR) is 134 cm³/mol. The Morgan fingerprint density at radius 1 is 1.22 bits per heavy atom. The Bertz CT molecular complexity index is 1130. The Labute approximate surface area is 211 Å². The molecule has 0 bridgehead atoms. The second kappa shape index (κ2) is 10.4. The monoisotopic (exact) mass is 492 g/mol. The Morgan fingerprint density at radius 3 is 2.83 bits per heavy atom. The lowest BCUT2D eigenvalue weighted by Gasteiger charge is -2.47. The summed E-state index contributed by atoms with van der Waals surface area (Å²) in [4.78, 5) is 29.0. The Hall–Kier alpha value is -3.22. The van der Waals surface area contributed by atoms with Gasteiger partial charge in [0.1, 0.15) is 11.9 Å². The third kappa shape index (κ3) is 5.01. The van der Waals surface area contributed by atoms with Crippen molar-refractivity contribution in [2.24, 2.45) is 29.6 Å². The van der Waals surface area contributed by atoms with Gasteiger partial charge in [-0.15, -0.1) is 0 Å². The van der Waals surface area contributed by atoms with Crippen molar-refractivity contribution in [3.63, 3.8) is 0 Å². The van der Waals surface area contributed by atoms with Crippen molar-refractivity contribution in [3.05, 3.63) is 60.2 Å². The molecule has 1 saturated heterocycles. The van der Waals surface area contributed by atoms with Crippen molar-refractivity contribution >= 4 is 18.1 Å². The highest BCUT2D eigenvalue weighted by molar-refractivity contribution is 5.75. The van der Waals surface area contributed by atoms with Crippen LogP contribution in [0.3, 0.4) is 0 Å². The van der Waals surface area contributed by atoms with Gasteiger partial charge in [0.2, 0.25) is 0 Å². The van der Waals surface area contributed by atoms with Gasteiger partial charge in [0.25, 0.3) is 0 Å². The highest BCUT2D eigenvalue weighted by atomic mass is 19.1. The van der Waals surface area contributed by atoms with E-state index in [2.05, 4.69) is 16.4 Å². The zero-order valence-electron chi connectivity index (χ0n) is 20.7. The highest BCUT2D eigenvalue weighted by Crippen LogP contribution is 2.52. The Morgan fingerprint density at radius 2 is 2.08 bits per heavy atom. The largest absolute Gasteiger partial charge is 0.462 e. The first-order valence-corrected chi connectivity index (χ1v) is 13.0. The summed E-state index contributed by atoms with van der Waals surface area (Å²) in [5.41, 5.74) is 2.48. The lowest BCUT2D eigenvalue weighted by molar-refractivity contribution is -0.145. The second-order valence-corrected chi connectivity index (χ2v) is 10.3. The molecule has 1 aliphatic heterocycles. The number of allylic oxidation sites excluding steroid dienone is 1. The predicted octanol–water partition coefficient (Wildman–Crippen LogP) is 5.63. The maximum Gasteiger partial charge on any atom is 0.407 e. The maximum absolute atomic E-state index is 13.6. The van der Waals surface area contributed by atoms with E-state index in [1.54, 1.807) is 19.2 Å². The van der Waals surface area contributed by atoms with Crippen molar-refractivity contribution in [1.82, 2.24) is 10.3 Å². The smallest absolute Gasteiger partial charge is 0.407 e. The first-order chi connectivity index (χ1) is 17.4. The summed E-state index contributed by atoms with van der Waals surface area (Å²) in [6.45, 7) is 4.13. The number of carbonyl (C=O) groups excluding carboxylic acids is 2. The molecule has 5 rings (SSSR count). The number of aromatic nitrogens is 1. The van der Waals surface area contributed by atoms with Crippen LogP contribution in [0.5, 0.6) is 0 Å². The molecule has 2 aliphatic carbocycles. The van der Waals surface area contributed by atoms with Gasteiger partial charge in [0, 0.05) is 23.7 Å². The molecule has 2 aromatic rings. The van der Waals surface area contributed by atoms with Crippen LogP contribution >= 0.6 is 0 Å². The number of nitrogens with one attached hydrogen (secondary N) is 1. The van der Waals surface area contributed by atoms with E-state index in [1.807, 2.05) is 31.2 Å². The number of nitrogens with zero attached hydrogens (tertiary/aromatic N) is 1. The van der Waals surface area contributed by atoms with Gasteiger partial charge >= 0.3 is 12.1 Å². The molecule has 0 unspecified atom stereocenters. The Kier molecular flexibility index (Phi) is 7.08. The van der Waals surface area contributed by atoms with Crippen LogP contribution in [0.25, 0.3) is 17.2 Å². The third-order valence-electron chi connectivity index (χ3n) is 8.19. The third-order valence-corrected chi connectivity index (χ3v) is 8.19. The fourth-order valence-electron chi connectivity index (χ4n) is 6.54. The molecule has 3 aliphatic rings. The van der Waals surface area contributed by atoms with Crippen molar-refractivity contribution in [3.8, 4) is 11.1 Å². The van der Waals surface area contributed by atoms with Crippen molar-refractivity contribution < 1.29 is 23.5 Å². The zero-order valence-corrected chi connectivity index (χ0v) is 20.7. The second-order valence-electron chi connectivity index (χ2n) is 10.3. The average Bonchev–Trinajstić information content (AvgIpc) is 3.15. The van der Waals surface area contributed by atoms with E-state index in [-0.39, 0.29) is 47.8 Å². The number of amides is 1. The fraction of sp³-hybridized carbons (Fsp3) is 0.483. The summed E-state index contributed by atoms with van der Waals surface area (Å²) < 4.78 is 24.5. The lowest BCUT2D eigenvalue weighted by atomic mass is 9.58. The molecule has 1 amide bonds. The van der Waals surface area contributed by atoms with Gasteiger partial charge in [0.15, 0.2) is 0 Å². The van der Waals surface area contributed by atoms with Crippen LogP contribution in [0.15, 0.2) is 48.7 Å². The molecule has 2 heterocycles. The molecule has 7 heteroatoms. The van der Waals surface area contributed by atoms with Gasteiger partial charge in [-0.2, -0.15) is 0 Å². The van der Waals surface area contributed by atoms with Crippen LogP contribution in [0.4, 0.5) is 9.18 Å². The molecule has 2 saturated carbocycles. The number of benzene rings is 1. The van der Waals surface area contributed by atoms with Crippen LogP contribution in [0.2, 0.25) is 0 Å². The number of hydrogen-bond acceptors (Lipinski definition) is 5. The molecule has 190 valence electrons. The number of hydrogen-bond donors (Lipinski definition) is 1. The molecule has 3 fully saturated rings. The number of fused-ring (bicyclic) bond motifs is 2. The van der Waals surface area contributed by atoms with Crippen LogP contribution in [-0.2, 0) is 14.3 Å². The minimum atomic E-state index is -0.361. The molecule has 6 nitrogen and oxygen atoms in total. The number of pyridine rings is 1. The minimum absolute atomic E-state index is 0.0815. The average molecular weight is 493 g/mol. The van der Waals surface area contributed by atoms with E-state index >= 15 is 0 Å². The molecule has 1 N–H and O–H groups in total. The number of carbonyl (C=O) groups is 2. The van der Waals surface area contributed by atoms with Gasteiger partial charge in [-0.25, -0.2) is 9.18 Å². The summed E-state index contributed by atoms with van der Waals surface area (Å²) in [7, 11) is 0. The van der Waals surface area contributed by atoms with Crippen LogP contribution in [0, 0.1) is 35.4 Å². The standard InChI is InChI=1S/C29H33FN2O4/c1-3-35-29(34)32-23-10-11-24-20(14-23)15-26-27(17(2)28(33)36-26)25(24)12-9-22-8-7-19(16-31-22)18-5-4-6-21(30)13-18/h4-9,12-13,16-17,20,23-27H,3,10-11,14-15H2,1-2H3,(H,32,34)/b12-9+/t17-,20+,23-,24-,25+,26-,27+/m1/s1. The molecule has 0 spiro atoms. The molecular formula is C29H33FN2O4. The van der Waals surface area contributed by atoms with E-state index in [9.17, 15) is 14.0 Å². The normalized spacial score (nSPS) is 31.4. The molecule has 1 aromatic carbocycles. The summed E-state index contributed by atoms with van der Waals surface area (Å²) in [5.74, 6) is 0.617. The van der Waals surface area contributed by atoms with Crippen molar-refractivity contribution in [1.29, 1.82) is 0 Å². The van der Waals surface area contributed by atoms with Gasteiger partial charge in [-0.3, -0.25) is 9.78 Å². The van der Waals surface area contributed by atoms with Gasteiger partial charge in [-0.05, 0) is 80.2 Å². The number of halogens is 1. The first kappa shape index (κ1) is 24.5. The van der Waals surface area contributed by atoms with E-state index in [0.29, 0.717) is 18.4 Å². The molecular weight excluding hydrogens is 459 g/mol. The van der Waals surface area contributed by atoms with Crippen LogP contribution < -0.4 is 5.32 Å². The zero-order chi connectivity index (χ0) is 25.2.